The van der Waals surface area contributed by atoms with E-state index in [1.807, 2.05) is 0 Å². The highest BCUT2D eigenvalue weighted by atomic mass is 16.6. The first-order valence-corrected chi connectivity index (χ1v) is 6.08. The molecule has 1 aromatic rings. The van der Waals surface area contributed by atoms with Crippen molar-refractivity contribution in [3.8, 4) is 5.75 Å². The summed E-state index contributed by atoms with van der Waals surface area (Å²) in [5, 5.41) is 20.2. The summed E-state index contributed by atoms with van der Waals surface area (Å²) in [5.41, 5.74) is -1.93. The zero-order valence-corrected chi connectivity index (χ0v) is 12.0. The first-order chi connectivity index (χ1) is 9.88. The van der Waals surface area contributed by atoms with Crippen molar-refractivity contribution in [2.45, 2.75) is 18.1 Å². The molecule has 0 radical (unpaired) electrons. The van der Waals surface area contributed by atoms with Crippen molar-refractivity contribution in [2.24, 2.45) is 0 Å². The Morgan fingerprint density at radius 1 is 1.14 bits per heavy atom. The molecule has 0 spiro atoms. The van der Waals surface area contributed by atoms with Crippen molar-refractivity contribution in [1.29, 1.82) is 0 Å². The number of hydrogen-bond acceptors (Lipinski definition) is 7. The number of hydrogen-bond donors (Lipinski definition) is 2. The molecule has 7 nitrogen and oxygen atoms in total. The van der Waals surface area contributed by atoms with E-state index in [2.05, 4.69) is 9.47 Å². The molecule has 0 fully saturated rings. The number of aliphatic hydroxyl groups is 2. The molecule has 0 aliphatic rings. The standard InChI is InChI=1S/C14H18O7/c1-19-10-6-4-9(5-7-10)8-14(18,13(17)21-3)11(15)12(16)20-2/h4-7,11,15,18H,8H2,1-3H3/t11-,14-/m0/s1. The SMILES string of the molecule is COC(=O)[C@H](O)[C@@](O)(Cc1ccc(OC)cc1)C(=O)OC. The average Bonchev–Trinajstić information content (AvgIpc) is 2.52. The zero-order chi connectivity index (χ0) is 16.0. The van der Waals surface area contributed by atoms with Crippen LogP contribution >= 0.6 is 0 Å². The molecule has 0 bridgehead atoms. The first-order valence-electron chi connectivity index (χ1n) is 6.08. The topological polar surface area (TPSA) is 102 Å². The second-order valence-electron chi connectivity index (χ2n) is 4.37. The van der Waals surface area contributed by atoms with E-state index in [1.165, 1.54) is 7.11 Å². The van der Waals surface area contributed by atoms with Crippen molar-refractivity contribution < 1.29 is 34.0 Å². The smallest absolute Gasteiger partial charge is 0.341 e. The van der Waals surface area contributed by atoms with Gasteiger partial charge in [0.2, 0.25) is 5.60 Å². The van der Waals surface area contributed by atoms with Gasteiger partial charge in [-0.15, -0.1) is 0 Å². The van der Waals surface area contributed by atoms with E-state index in [1.54, 1.807) is 24.3 Å². The third-order valence-electron chi connectivity index (χ3n) is 3.05. The van der Waals surface area contributed by atoms with Crippen molar-refractivity contribution in [1.82, 2.24) is 0 Å². The molecule has 0 saturated carbocycles. The van der Waals surface area contributed by atoms with Crippen LogP contribution in [0.3, 0.4) is 0 Å². The molecular formula is C14H18O7. The van der Waals surface area contributed by atoms with Gasteiger partial charge in [-0.05, 0) is 17.7 Å². The molecule has 0 aliphatic heterocycles. The Hall–Kier alpha value is -2.12. The van der Waals surface area contributed by atoms with E-state index in [0.29, 0.717) is 11.3 Å². The number of ether oxygens (including phenoxy) is 3. The summed E-state index contributed by atoms with van der Waals surface area (Å²) >= 11 is 0. The molecule has 0 aliphatic carbocycles. The lowest BCUT2D eigenvalue weighted by Gasteiger charge is -2.28. The van der Waals surface area contributed by atoms with Crippen LogP contribution in [0.15, 0.2) is 24.3 Å². The molecule has 2 atom stereocenters. The van der Waals surface area contributed by atoms with Gasteiger partial charge in [-0.3, -0.25) is 0 Å². The van der Waals surface area contributed by atoms with Crippen LogP contribution in [0.4, 0.5) is 0 Å². The lowest BCUT2D eigenvalue weighted by Crippen LogP contribution is -2.55. The maximum absolute atomic E-state index is 11.8. The maximum Gasteiger partial charge on any atom is 0.341 e. The Labute approximate surface area is 122 Å². The minimum absolute atomic E-state index is 0.320. The minimum atomic E-state index is -2.43. The summed E-state index contributed by atoms with van der Waals surface area (Å²) in [5.74, 6) is -1.67. The number of esters is 2. The Kier molecular flexibility index (Phi) is 5.69. The number of methoxy groups -OCH3 is 3. The Balaban J connectivity index is 3.07. The second-order valence-corrected chi connectivity index (χ2v) is 4.37. The maximum atomic E-state index is 11.8. The quantitative estimate of drug-likeness (QED) is 0.694. The summed E-state index contributed by atoms with van der Waals surface area (Å²) in [7, 11) is 3.59. The largest absolute Gasteiger partial charge is 0.497 e. The average molecular weight is 298 g/mol. The van der Waals surface area contributed by atoms with Crippen molar-refractivity contribution in [2.75, 3.05) is 21.3 Å². The molecule has 0 saturated heterocycles. The van der Waals surface area contributed by atoms with E-state index in [0.717, 1.165) is 14.2 Å². The molecule has 1 rings (SSSR count). The van der Waals surface area contributed by atoms with Gasteiger partial charge in [0.05, 0.1) is 21.3 Å². The van der Waals surface area contributed by atoms with Crippen molar-refractivity contribution >= 4 is 11.9 Å². The van der Waals surface area contributed by atoms with E-state index in [4.69, 9.17) is 4.74 Å². The fourth-order valence-electron chi connectivity index (χ4n) is 1.82. The second kappa shape index (κ2) is 7.05. The Morgan fingerprint density at radius 2 is 1.71 bits per heavy atom. The van der Waals surface area contributed by atoms with Crippen LogP contribution in [-0.2, 0) is 25.5 Å². The monoisotopic (exact) mass is 298 g/mol. The highest BCUT2D eigenvalue weighted by molar-refractivity contribution is 5.89. The number of carbonyl (C=O) groups excluding carboxylic acids is 2. The molecule has 0 heterocycles. The van der Waals surface area contributed by atoms with Gasteiger partial charge in [0.1, 0.15) is 5.75 Å². The van der Waals surface area contributed by atoms with Crippen molar-refractivity contribution in [3.63, 3.8) is 0 Å². The van der Waals surface area contributed by atoms with Crippen LogP contribution < -0.4 is 4.74 Å². The molecule has 21 heavy (non-hydrogen) atoms. The van der Waals surface area contributed by atoms with Crippen LogP contribution in [0, 0.1) is 0 Å². The van der Waals surface area contributed by atoms with Crippen LogP contribution in [0.25, 0.3) is 0 Å². The van der Waals surface area contributed by atoms with Crippen molar-refractivity contribution in [3.05, 3.63) is 29.8 Å². The minimum Gasteiger partial charge on any atom is -0.497 e. The highest BCUT2D eigenvalue weighted by Crippen LogP contribution is 2.22. The fourth-order valence-corrected chi connectivity index (χ4v) is 1.82. The van der Waals surface area contributed by atoms with Gasteiger partial charge >= 0.3 is 11.9 Å². The number of aliphatic hydroxyl groups excluding tert-OH is 1. The van der Waals surface area contributed by atoms with E-state index in [-0.39, 0.29) is 6.42 Å². The summed E-state index contributed by atoms with van der Waals surface area (Å²) in [6, 6.07) is 6.43. The van der Waals surface area contributed by atoms with Gasteiger partial charge in [0, 0.05) is 6.42 Å². The Morgan fingerprint density at radius 3 is 2.14 bits per heavy atom. The molecular weight excluding hydrogens is 280 g/mol. The molecule has 0 amide bonds. The van der Waals surface area contributed by atoms with Gasteiger partial charge < -0.3 is 24.4 Å². The summed E-state index contributed by atoms with van der Waals surface area (Å²) in [6.45, 7) is 0. The molecule has 7 heteroatoms. The third kappa shape index (κ3) is 3.71. The van der Waals surface area contributed by atoms with Gasteiger partial charge in [0.25, 0.3) is 0 Å². The number of rotatable bonds is 6. The van der Waals surface area contributed by atoms with Crippen LogP contribution in [0.5, 0.6) is 5.75 Å². The Bertz CT molecular complexity index is 497. The summed E-state index contributed by atoms with van der Waals surface area (Å²) in [4.78, 5) is 23.2. The lowest BCUT2D eigenvalue weighted by atomic mass is 9.89. The highest BCUT2D eigenvalue weighted by Gasteiger charge is 2.49. The van der Waals surface area contributed by atoms with E-state index in [9.17, 15) is 19.8 Å². The van der Waals surface area contributed by atoms with Crippen LogP contribution in [0.2, 0.25) is 0 Å². The normalized spacial score (nSPS) is 14.7. The predicted octanol–water partition coefficient (Wildman–Crippen LogP) is -0.324. The van der Waals surface area contributed by atoms with Crippen LogP contribution in [-0.4, -0.2) is 55.2 Å². The molecule has 0 aromatic heterocycles. The molecule has 116 valence electrons. The fraction of sp³-hybridized carbons (Fsp3) is 0.429. The third-order valence-corrected chi connectivity index (χ3v) is 3.05. The van der Waals surface area contributed by atoms with E-state index >= 15 is 0 Å². The molecule has 2 N–H and O–H groups in total. The van der Waals surface area contributed by atoms with Gasteiger partial charge in [-0.1, -0.05) is 12.1 Å². The summed E-state index contributed by atoms with van der Waals surface area (Å²) in [6.07, 6.45) is -2.38. The lowest BCUT2D eigenvalue weighted by molar-refractivity contribution is -0.187. The number of carbonyl (C=O) groups is 2. The molecule has 1 aromatic carbocycles. The predicted molar refractivity (Wildman–Crippen MR) is 71.7 cm³/mol. The van der Waals surface area contributed by atoms with Gasteiger partial charge in [0.15, 0.2) is 6.10 Å². The van der Waals surface area contributed by atoms with Gasteiger partial charge in [-0.2, -0.15) is 0 Å². The van der Waals surface area contributed by atoms with Gasteiger partial charge in [-0.25, -0.2) is 9.59 Å². The summed E-state index contributed by atoms with van der Waals surface area (Å²) < 4.78 is 13.8. The zero-order valence-electron chi connectivity index (χ0n) is 12.0. The van der Waals surface area contributed by atoms with Crippen LogP contribution in [0.1, 0.15) is 5.56 Å². The van der Waals surface area contributed by atoms with E-state index < -0.39 is 23.6 Å². The molecule has 0 unspecified atom stereocenters. The first kappa shape index (κ1) is 16.9. The number of benzene rings is 1.